The number of aliphatic hydroxyl groups is 4. The van der Waals surface area contributed by atoms with E-state index in [1.54, 1.807) is 19.1 Å². The van der Waals surface area contributed by atoms with Gasteiger partial charge < -0.3 is 34.3 Å². The van der Waals surface area contributed by atoms with Crippen LogP contribution in [0.5, 0.6) is 0 Å². The van der Waals surface area contributed by atoms with Crippen molar-refractivity contribution in [2.45, 2.75) is 44.1 Å². The second kappa shape index (κ2) is 7.92. The van der Waals surface area contributed by atoms with Crippen LogP contribution in [0.3, 0.4) is 0 Å². The maximum absolute atomic E-state index is 12.7. The number of carbonyl (C=O) groups excluding carboxylic acids is 2. The molecule has 9 nitrogen and oxygen atoms in total. The number of hydrogen-bond donors (Lipinski definition) is 4. The van der Waals surface area contributed by atoms with Gasteiger partial charge in [-0.1, -0.05) is 11.6 Å². The zero-order valence-corrected chi connectivity index (χ0v) is 16.7. The summed E-state index contributed by atoms with van der Waals surface area (Å²) in [5.41, 5.74) is 0.873. The fourth-order valence-corrected chi connectivity index (χ4v) is 3.95. The van der Waals surface area contributed by atoms with E-state index in [9.17, 15) is 30.0 Å². The molecule has 10 heteroatoms. The molecule has 1 unspecified atom stereocenters. The number of furan rings is 1. The zero-order chi connectivity index (χ0) is 21.7. The van der Waals surface area contributed by atoms with E-state index in [-0.39, 0.29) is 5.78 Å². The van der Waals surface area contributed by atoms with Gasteiger partial charge in [-0.3, -0.25) is 9.59 Å². The van der Waals surface area contributed by atoms with Crippen molar-refractivity contribution in [3.8, 4) is 0 Å². The van der Waals surface area contributed by atoms with E-state index in [2.05, 4.69) is 0 Å². The van der Waals surface area contributed by atoms with Gasteiger partial charge in [0, 0.05) is 16.9 Å². The number of aryl methyl sites for hydroxylation is 1. The number of rotatable bonds is 5. The molecule has 30 heavy (non-hydrogen) atoms. The number of Topliss-reactive ketones (excluding diaryl/α,β-unsaturated/α-hetero) is 1. The van der Waals surface area contributed by atoms with E-state index in [1.165, 1.54) is 6.07 Å². The Morgan fingerprint density at radius 2 is 1.83 bits per heavy atom. The molecule has 2 aliphatic rings. The van der Waals surface area contributed by atoms with Crippen LogP contribution in [0.1, 0.15) is 22.5 Å². The van der Waals surface area contributed by atoms with Crippen LogP contribution in [-0.4, -0.2) is 69.5 Å². The van der Waals surface area contributed by atoms with Crippen LogP contribution >= 0.6 is 11.6 Å². The number of esters is 1. The molecule has 0 bridgehead atoms. The fourth-order valence-electron chi connectivity index (χ4n) is 3.68. The second-order valence-corrected chi connectivity index (χ2v) is 8.12. The first-order valence-electron chi connectivity index (χ1n) is 9.45. The van der Waals surface area contributed by atoms with E-state index in [0.29, 0.717) is 33.7 Å². The van der Waals surface area contributed by atoms with Crippen LogP contribution in [0.15, 0.2) is 22.6 Å². The molecule has 162 valence electrons. The Labute approximate surface area is 175 Å². The summed E-state index contributed by atoms with van der Waals surface area (Å²) in [5, 5.41) is 39.5. The Balaban J connectivity index is 1.36. The van der Waals surface area contributed by atoms with Crippen molar-refractivity contribution in [1.82, 2.24) is 0 Å². The molecule has 4 rings (SSSR count). The van der Waals surface area contributed by atoms with E-state index in [0.717, 1.165) is 0 Å². The van der Waals surface area contributed by atoms with Crippen molar-refractivity contribution in [2.75, 3.05) is 6.61 Å². The second-order valence-electron chi connectivity index (χ2n) is 7.71. The predicted molar refractivity (Wildman–Crippen MR) is 102 cm³/mol. The third-order valence-corrected chi connectivity index (χ3v) is 5.77. The van der Waals surface area contributed by atoms with Crippen molar-refractivity contribution in [3.63, 3.8) is 0 Å². The molecule has 1 aromatic carbocycles. The first kappa shape index (κ1) is 21.2. The van der Waals surface area contributed by atoms with Crippen LogP contribution in [0.25, 0.3) is 11.0 Å². The minimum absolute atomic E-state index is 0.234. The van der Waals surface area contributed by atoms with Crippen molar-refractivity contribution >= 4 is 34.3 Å². The Morgan fingerprint density at radius 3 is 2.57 bits per heavy atom. The summed E-state index contributed by atoms with van der Waals surface area (Å²) in [7, 11) is 0. The van der Waals surface area contributed by atoms with Gasteiger partial charge in [-0.25, -0.2) is 0 Å². The number of hydrogen-bond acceptors (Lipinski definition) is 9. The molecule has 4 N–H and O–H groups in total. The van der Waals surface area contributed by atoms with Gasteiger partial charge in [0.05, 0.1) is 10.9 Å². The largest absolute Gasteiger partial charge is 0.463 e. The number of ether oxygens (including phenoxy) is 2. The first-order chi connectivity index (χ1) is 14.2. The Kier molecular flexibility index (Phi) is 5.60. The molecule has 2 fully saturated rings. The van der Waals surface area contributed by atoms with Crippen LogP contribution in [0.4, 0.5) is 0 Å². The maximum Gasteiger partial charge on any atom is 0.309 e. The van der Waals surface area contributed by atoms with E-state index < -0.39 is 55.1 Å². The van der Waals surface area contributed by atoms with Crippen LogP contribution in [0.2, 0.25) is 5.02 Å². The summed E-state index contributed by atoms with van der Waals surface area (Å²) in [6.07, 6.45) is -7.45. The number of ketones is 1. The zero-order valence-electron chi connectivity index (χ0n) is 15.9. The van der Waals surface area contributed by atoms with Crippen molar-refractivity contribution < 1.29 is 43.9 Å². The van der Waals surface area contributed by atoms with Gasteiger partial charge in [0.15, 0.2) is 17.7 Å². The molecular formula is C20H21ClO9. The average molecular weight is 441 g/mol. The van der Waals surface area contributed by atoms with Crippen LogP contribution in [0, 0.1) is 18.8 Å². The monoisotopic (exact) mass is 440 g/mol. The number of fused-ring (bicyclic) bond motifs is 1. The van der Waals surface area contributed by atoms with Crippen molar-refractivity contribution in [1.29, 1.82) is 0 Å². The highest BCUT2D eigenvalue weighted by Gasteiger charge is 2.50. The van der Waals surface area contributed by atoms with Gasteiger partial charge in [-0.2, -0.15) is 0 Å². The van der Waals surface area contributed by atoms with E-state index in [4.69, 9.17) is 25.5 Å². The normalized spacial score (nSPS) is 33.5. The van der Waals surface area contributed by atoms with Crippen LogP contribution in [-0.2, 0) is 14.3 Å². The number of halogens is 1. The average Bonchev–Trinajstić information content (AvgIpc) is 3.42. The molecule has 1 aromatic heterocycles. The molecule has 0 amide bonds. The molecule has 2 heterocycles. The lowest BCUT2D eigenvalue weighted by Gasteiger charge is -2.37. The summed E-state index contributed by atoms with van der Waals surface area (Å²) < 4.78 is 15.5. The quantitative estimate of drug-likeness (QED) is 0.386. The van der Waals surface area contributed by atoms with Gasteiger partial charge in [-0.05, 0) is 31.5 Å². The summed E-state index contributed by atoms with van der Waals surface area (Å²) in [6, 6.07) is 4.95. The molecule has 1 saturated heterocycles. The molecule has 0 radical (unpaired) electrons. The molecule has 2 aromatic rings. The van der Waals surface area contributed by atoms with Gasteiger partial charge in [0.1, 0.15) is 36.8 Å². The topological polar surface area (TPSA) is 147 Å². The first-order valence-corrected chi connectivity index (χ1v) is 9.83. The highest BCUT2D eigenvalue weighted by molar-refractivity contribution is 6.35. The molecule has 1 saturated carbocycles. The number of benzene rings is 1. The highest BCUT2D eigenvalue weighted by Crippen LogP contribution is 2.43. The van der Waals surface area contributed by atoms with E-state index in [1.807, 2.05) is 0 Å². The lowest BCUT2D eigenvalue weighted by atomic mass is 9.99. The molecule has 0 spiro atoms. The maximum atomic E-state index is 12.7. The molecule has 1 aliphatic heterocycles. The Morgan fingerprint density at radius 1 is 1.10 bits per heavy atom. The predicted octanol–water partition coefficient (Wildman–Crippen LogP) is 0.557. The van der Waals surface area contributed by atoms with Crippen LogP contribution < -0.4 is 0 Å². The molecule has 1 aliphatic carbocycles. The van der Waals surface area contributed by atoms with E-state index >= 15 is 0 Å². The standard InChI is InChI=1S/C20H21ClO9/c1-7-2-9-3-8(4-12(21)18(9)29-7)14(22)10-5-11(10)19(26)28-6-13-15(23)16(24)17(25)20(27)30-13/h2-4,10-11,13,15-17,20,23-25,27H,5-6H2,1H3/t10-,11-,13+,15+,16-,17+,20?/m0/s1. The third-order valence-electron chi connectivity index (χ3n) is 5.49. The fraction of sp³-hybridized carbons (Fsp3) is 0.500. The Bertz CT molecular complexity index is 986. The SMILES string of the molecule is Cc1cc2cc(C(=O)[C@H]3C[C@@H]3C(=O)OC[C@H]3OC(O)[C@H](O)[C@@H](O)[C@@H]3O)cc(Cl)c2o1. The van der Waals surface area contributed by atoms with Gasteiger partial charge in [0.2, 0.25) is 0 Å². The summed E-state index contributed by atoms with van der Waals surface area (Å²) in [6.45, 7) is 1.33. The smallest absolute Gasteiger partial charge is 0.309 e. The lowest BCUT2D eigenvalue weighted by Crippen LogP contribution is -2.58. The van der Waals surface area contributed by atoms with Gasteiger partial charge in [-0.15, -0.1) is 0 Å². The number of aliphatic hydroxyl groups excluding tert-OH is 4. The summed E-state index contributed by atoms with van der Waals surface area (Å²) in [5.74, 6) is -1.40. The minimum atomic E-state index is -1.71. The van der Waals surface area contributed by atoms with Gasteiger partial charge in [0.25, 0.3) is 0 Å². The van der Waals surface area contributed by atoms with Gasteiger partial charge >= 0.3 is 5.97 Å². The number of carbonyl (C=O) groups is 2. The highest BCUT2D eigenvalue weighted by atomic mass is 35.5. The molecule has 7 atom stereocenters. The molecular weight excluding hydrogens is 420 g/mol. The Hall–Kier alpha value is -2.01. The minimum Gasteiger partial charge on any atom is -0.463 e. The third kappa shape index (κ3) is 3.84. The van der Waals surface area contributed by atoms with Crippen molar-refractivity contribution in [2.24, 2.45) is 11.8 Å². The summed E-state index contributed by atoms with van der Waals surface area (Å²) >= 11 is 6.19. The van der Waals surface area contributed by atoms with Crippen molar-refractivity contribution in [3.05, 3.63) is 34.5 Å². The lowest BCUT2D eigenvalue weighted by molar-refractivity contribution is -0.287. The summed E-state index contributed by atoms with van der Waals surface area (Å²) in [4.78, 5) is 25.0.